The number of hydrogen-bond donors (Lipinski definition) is 3. The van der Waals surface area contributed by atoms with E-state index in [1.165, 1.54) is 18.3 Å². The van der Waals surface area contributed by atoms with Crippen molar-refractivity contribution in [2.75, 3.05) is 16.7 Å². The molecule has 0 aliphatic rings. The molecule has 0 amide bonds. The minimum atomic E-state index is -2.45. The van der Waals surface area contributed by atoms with Gasteiger partial charge in [-0.25, -0.2) is 9.78 Å². The van der Waals surface area contributed by atoms with Crippen LogP contribution in [0.25, 0.3) is 0 Å². The molecule has 0 aliphatic carbocycles. The Balaban J connectivity index is 2.92. The number of aromatic nitrogens is 1. The maximum atomic E-state index is 11.7. The fourth-order valence-electron chi connectivity index (χ4n) is 0.946. The molecular weight excluding hydrogens is 216 g/mol. The van der Waals surface area contributed by atoms with E-state index < -0.39 is 16.1 Å². The zero-order chi connectivity index (χ0) is 11.5. The number of aromatic carboxylic acids is 1. The van der Waals surface area contributed by atoms with Gasteiger partial charge in [-0.3, -0.25) is 4.21 Å². The third kappa shape index (κ3) is 3.32. The molecule has 0 radical (unpaired) electrons. The van der Waals surface area contributed by atoms with Crippen LogP contribution in [-0.2, 0) is 10.1 Å². The molecule has 0 aromatic carbocycles. The zero-order valence-electron chi connectivity index (χ0n) is 8.60. The third-order valence-corrected chi connectivity index (χ3v) is 3.87. The molecule has 0 atom stereocenters. The van der Waals surface area contributed by atoms with E-state index in [-0.39, 0.29) is 5.56 Å². The summed E-state index contributed by atoms with van der Waals surface area (Å²) in [6, 6.07) is 2.76. The molecule has 1 rings (SSSR count). The number of thiol groups is 1. The summed E-state index contributed by atoms with van der Waals surface area (Å²) >= 11 is 0. The maximum Gasteiger partial charge on any atom is 0.335 e. The van der Waals surface area contributed by atoms with Crippen LogP contribution < -0.4 is 4.72 Å². The van der Waals surface area contributed by atoms with E-state index in [9.17, 15) is 9.00 Å². The highest BCUT2D eigenvalue weighted by atomic mass is 32.3. The van der Waals surface area contributed by atoms with Crippen molar-refractivity contribution in [2.24, 2.45) is 0 Å². The lowest BCUT2D eigenvalue weighted by molar-refractivity contribution is 0.0697. The topological polar surface area (TPSA) is 79.3 Å². The SMILES string of the molecule is CC[SH](C)(=O)Nc1cc(C(=O)O)ccn1. The fraction of sp³-hybridized carbons (Fsp3) is 0.333. The maximum absolute atomic E-state index is 11.7. The third-order valence-electron chi connectivity index (χ3n) is 1.96. The summed E-state index contributed by atoms with van der Waals surface area (Å²) in [5, 5.41) is 8.74. The van der Waals surface area contributed by atoms with E-state index >= 15 is 0 Å². The molecule has 2 N–H and O–H groups in total. The summed E-state index contributed by atoms with van der Waals surface area (Å²) in [5.74, 6) is -0.197. The Labute approximate surface area is 89.1 Å². The fourth-order valence-corrected chi connectivity index (χ4v) is 1.71. The van der Waals surface area contributed by atoms with Crippen molar-refractivity contribution >= 4 is 21.9 Å². The Kier molecular flexibility index (Phi) is 3.41. The van der Waals surface area contributed by atoms with Crippen LogP contribution in [0.1, 0.15) is 17.3 Å². The molecule has 5 nitrogen and oxygen atoms in total. The number of anilines is 1. The van der Waals surface area contributed by atoms with Gasteiger partial charge in [0.1, 0.15) is 5.82 Å². The molecule has 0 aliphatic heterocycles. The second-order valence-corrected chi connectivity index (χ2v) is 6.32. The predicted molar refractivity (Wildman–Crippen MR) is 60.8 cm³/mol. The molecule has 15 heavy (non-hydrogen) atoms. The molecule has 1 aromatic rings. The number of nitrogens with zero attached hydrogens (tertiary/aromatic N) is 1. The molecule has 1 heterocycles. The highest BCUT2D eigenvalue weighted by Crippen LogP contribution is 2.10. The number of nitrogens with one attached hydrogen (secondary N) is 1. The van der Waals surface area contributed by atoms with Gasteiger partial charge in [-0.2, -0.15) is 0 Å². The van der Waals surface area contributed by atoms with Gasteiger partial charge in [0.15, 0.2) is 0 Å². The summed E-state index contributed by atoms with van der Waals surface area (Å²) in [7, 11) is -2.45. The first kappa shape index (κ1) is 11.6. The van der Waals surface area contributed by atoms with Gasteiger partial charge in [-0.1, -0.05) is 6.92 Å². The molecule has 0 saturated carbocycles. The van der Waals surface area contributed by atoms with E-state index in [1.807, 2.05) is 0 Å². The number of carboxylic acids is 1. The number of rotatable bonds is 4. The van der Waals surface area contributed by atoms with Crippen molar-refractivity contribution in [1.82, 2.24) is 4.98 Å². The highest BCUT2D eigenvalue weighted by molar-refractivity contribution is 8.03. The van der Waals surface area contributed by atoms with Crippen LogP contribution >= 0.6 is 0 Å². The lowest BCUT2D eigenvalue weighted by atomic mass is 10.3. The second kappa shape index (κ2) is 4.39. The Morgan fingerprint density at radius 3 is 2.87 bits per heavy atom. The zero-order valence-corrected chi connectivity index (χ0v) is 9.49. The van der Waals surface area contributed by atoms with Crippen LogP contribution in [0.5, 0.6) is 0 Å². The predicted octanol–water partition coefficient (Wildman–Crippen LogP) is 0.773. The molecule has 1 aromatic heterocycles. The van der Waals surface area contributed by atoms with Crippen LogP contribution in [-0.4, -0.2) is 32.3 Å². The van der Waals surface area contributed by atoms with Gasteiger partial charge in [0.25, 0.3) is 0 Å². The van der Waals surface area contributed by atoms with Crippen molar-refractivity contribution in [3.8, 4) is 0 Å². The van der Waals surface area contributed by atoms with Gasteiger partial charge in [-0.15, -0.1) is 0 Å². The molecule has 0 unspecified atom stereocenters. The van der Waals surface area contributed by atoms with Crippen LogP contribution in [0.4, 0.5) is 5.82 Å². The van der Waals surface area contributed by atoms with Gasteiger partial charge in [0.05, 0.1) is 5.56 Å². The highest BCUT2D eigenvalue weighted by Gasteiger charge is 2.08. The molecule has 0 bridgehead atoms. The standard InChI is InChI=1S/C9H14N2O3S/c1-3-15(2,14)11-8-6-7(9(12)13)4-5-10-8/h4-6,15H,3H2,1-2H3,(H,12,13)(H,10,11,14). The smallest absolute Gasteiger partial charge is 0.335 e. The lowest BCUT2D eigenvalue weighted by Crippen LogP contribution is -2.23. The van der Waals surface area contributed by atoms with Crippen molar-refractivity contribution in [1.29, 1.82) is 0 Å². The van der Waals surface area contributed by atoms with Crippen LogP contribution in [0.15, 0.2) is 18.3 Å². The monoisotopic (exact) mass is 230 g/mol. The van der Waals surface area contributed by atoms with E-state index in [0.29, 0.717) is 11.6 Å². The van der Waals surface area contributed by atoms with E-state index in [1.54, 1.807) is 13.2 Å². The van der Waals surface area contributed by atoms with E-state index in [4.69, 9.17) is 5.11 Å². The Morgan fingerprint density at radius 2 is 2.33 bits per heavy atom. The van der Waals surface area contributed by atoms with Crippen molar-refractivity contribution in [2.45, 2.75) is 6.92 Å². The van der Waals surface area contributed by atoms with E-state index in [2.05, 4.69) is 9.71 Å². The quantitative estimate of drug-likeness (QED) is 0.668. The summed E-state index contributed by atoms with van der Waals surface area (Å²) in [6.07, 6.45) is 2.98. The van der Waals surface area contributed by atoms with Crippen molar-refractivity contribution in [3.05, 3.63) is 23.9 Å². The van der Waals surface area contributed by atoms with Gasteiger partial charge >= 0.3 is 5.97 Å². The first-order chi connectivity index (χ1) is 6.94. The first-order valence-corrected chi connectivity index (χ1v) is 6.82. The van der Waals surface area contributed by atoms with Gasteiger partial charge in [-0.05, 0) is 22.3 Å². The summed E-state index contributed by atoms with van der Waals surface area (Å²) in [5.41, 5.74) is 0.128. The molecule has 84 valence electrons. The molecular formula is C9H14N2O3S. The largest absolute Gasteiger partial charge is 0.478 e. The molecule has 0 saturated heterocycles. The Hall–Kier alpha value is -1.43. The molecule has 6 heteroatoms. The van der Waals surface area contributed by atoms with Crippen molar-refractivity contribution < 1.29 is 14.1 Å². The Bertz CT molecular complexity index is 420. The number of hydrogen-bond acceptors (Lipinski definition) is 3. The van der Waals surface area contributed by atoms with E-state index in [0.717, 1.165) is 0 Å². The van der Waals surface area contributed by atoms with Gasteiger partial charge in [0.2, 0.25) is 0 Å². The Morgan fingerprint density at radius 1 is 1.67 bits per heavy atom. The van der Waals surface area contributed by atoms with Crippen LogP contribution in [0.3, 0.4) is 0 Å². The molecule has 0 spiro atoms. The van der Waals surface area contributed by atoms with Crippen LogP contribution in [0, 0.1) is 0 Å². The average Bonchev–Trinajstić information content (AvgIpc) is 2.17. The van der Waals surface area contributed by atoms with Gasteiger partial charge < -0.3 is 9.83 Å². The van der Waals surface area contributed by atoms with Crippen molar-refractivity contribution in [3.63, 3.8) is 0 Å². The summed E-state index contributed by atoms with van der Waals surface area (Å²) in [4.78, 5) is 14.6. The number of carboxylic acid groups (broad SMARTS) is 1. The number of pyridine rings is 1. The van der Waals surface area contributed by atoms with Gasteiger partial charge in [0, 0.05) is 18.2 Å². The normalized spacial score (nSPS) is 12.1. The molecule has 0 fully saturated rings. The van der Waals surface area contributed by atoms with Crippen LogP contribution in [0.2, 0.25) is 0 Å². The minimum absolute atomic E-state index is 0.128. The lowest BCUT2D eigenvalue weighted by Gasteiger charge is -2.18. The minimum Gasteiger partial charge on any atom is -0.478 e. The first-order valence-electron chi connectivity index (χ1n) is 4.49. The summed E-state index contributed by atoms with van der Waals surface area (Å²) < 4.78 is 14.5. The number of carbonyl (C=O) groups is 1. The second-order valence-electron chi connectivity index (χ2n) is 3.26. The summed E-state index contributed by atoms with van der Waals surface area (Å²) in [6.45, 7) is 1.80. The average molecular weight is 230 g/mol.